The molecule has 3 N–H and O–H groups in total. The smallest absolute Gasteiger partial charge is 0.328 e. The van der Waals surface area contributed by atoms with Crippen molar-refractivity contribution in [1.29, 1.82) is 0 Å². The number of nitrogens with one attached hydrogen (secondary N) is 2. The molecule has 1 amide bonds. The van der Waals surface area contributed by atoms with E-state index >= 15 is 0 Å². The first-order valence-electron chi connectivity index (χ1n) is 4.70. The summed E-state index contributed by atoms with van der Waals surface area (Å²) in [6.07, 6.45) is 1.17. The van der Waals surface area contributed by atoms with Crippen LogP contribution in [-0.4, -0.2) is 32.6 Å². The van der Waals surface area contributed by atoms with E-state index < -0.39 is 29.2 Å². The van der Waals surface area contributed by atoms with Crippen molar-refractivity contribution < 1.29 is 14.7 Å². The number of aliphatic carboxylic acids is 1. The summed E-state index contributed by atoms with van der Waals surface area (Å²) >= 11 is 0. The number of carboxylic acids is 1. The van der Waals surface area contributed by atoms with Gasteiger partial charge in [0.1, 0.15) is 6.04 Å². The summed E-state index contributed by atoms with van der Waals surface area (Å²) in [6, 6.07) is -0.134. The van der Waals surface area contributed by atoms with E-state index in [9.17, 15) is 19.2 Å². The van der Waals surface area contributed by atoms with Gasteiger partial charge < -0.3 is 10.4 Å². The number of aromatic nitrogens is 2. The van der Waals surface area contributed by atoms with Crippen LogP contribution in [0.2, 0.25) is 0 Å². The highest BCUT2D eigenvalue weighted by Crippen LogP contribution is 1.89. The predicted molar refractivity (Wildman–Crippen MR) is 56.6 cm³/mol. The number of rotatable bonds is 4. The van der Waals surface area contributed by atoms with Gasteiger partial charge >= 0.3 is 11.7 Å². The average Bonchev–Trinajstić information content (AvgIpc) is 2.19. The molecule has 1 unspecified atom stereocenters. The van der Waals surface area contributed by atoms with Crippen LogP contribution in [0.1, 0.15) is 6.92 Å². The van der Waals surface area contributed by atoms with Gasteiger partial charge in [0.25, 0.3) is 5.56 Å². The Kier molecular flexibility index (Phi) is 3.81. The Balaban J connectivity index is 2.93. The Labute approximate surface area is 94.9 Å². The van der Waals surface area contributed by atoms with Crippen LogP contribution in [0, 0.1) is 0 Å². The molecule has 8 heteroatoms. The minimum atomic E-state index is -1.27. The molecule has 1 atom stereocenters. The third-order valence-electron chi connectivity index (χ3n) is 1.95. The molecule has 0 aromatic carbocycles. The summed E-state index contributed by atoms with van der Waals surface area (Å²) in [7, 11) is 0. The van der Waals surface area contributed by atoms with Gasteiger partial charge in [-0.2, -0.15) is 0 Å². The molecule has 0 saturated carbocycles. The van der Waals surface area contributed by atoms with E-state index in [-0.39, 0.29) is 6.54 Å². The molecule has 1 aromatic heterocycles. The van der Waals surface area contributed by atoms with E-state index in [1.807, 2.05) is 4.98 Å². The van der Waals surface area contributed by atoms with Crippen LogP contribution in [-0.2, 0) is 16.1 Å². The Morgan fingerprint density at radius 2 is 2.18 bits per heavy atom. The van der Waals surface area contributed by atoms with Crippen LogP contribution >= 0.6 is 0 Å². The van der Waals surface area contributed by atoms with Crippen molar-refractivity contribution in [3.63, 3.8) is 0 Å². The van der Waals surface area contributed by atoms with Gasteiger partial charge in [0, 0.05) is 19.2 Å². The molecule has 1 heterocycles. The molecule has 0 radical (unpaired) electrons. The minimum Gasteiger partial charge on any atom is -0.480 e. The minimum absolute atomic E-state index is 0.259. The first-order chi connectivity index (χ1) is 7.90. The van der Waals surface area contributed by atoms with E-state index in [1.165, 1.54) is 13.1 Å². The number of hydrogen-bond acceptors (Lipinski definition) is 4. The second-order valence-corrected chi connectivity index (χ2v) is 3.35. The summed E-state index contributed by atoms with van der Waals surface area (Å²) < 4.78 is 0.996. The first-order valence-corrected chi connectivity index (χ1v) is 4.70. The number of carboxylic acid groups (broad SMARTS) is 1. The van der Waals surface area contributed by atoms with Crippen molar-refractivity contribution in [2.75, 3.05) is 0 Å². The fourth-order valence-corrected chi connectivity index (χ4v) is 1.22. The first kappa shape index (κ1) is 12.7. The van der Waals surface area contributed by atoms with Crippen molar-refractivity contribution in [2.45, 2.75) is 19.5 Å². The molecule has 0 fully saturated rings. The molecule has 1 aromatic rings. The van der Waals surface area contributed by atoms with E-state index in [0.717, 1.165) is 10.6 Å². The van der Waals surface area contributed by atoms with Crippen molar-refractivity contribution in [3.05, 3.63) is 33.1 Å². The molecule has 1 rings (SSSR count). The lowest BCUT2D eigenvalue weighted by molar-refractivity contribution is -0.142. The third-order valence-corrected chi connectivity index (χ3v) is 1.95. The van der Waals surface area contributed by atoms with Crippen LogP contribution < -0.4 is 16.6 Å². The van der Waals surface area contributed by atoms with Gasteiger partial charge in [-0.05, 0) is 0 Å². The van der Waals surface area contributed by atoms with Crippen molar-refractivity contribution in [3.8, 4) is 0 Å². The van der Waals surface area contributed by atoms with Gasteiger partial charge in [0.05, 0.1) is 6.54 Å². The molecular weight excluding hydrogens is 230 g/mol. The van der Waals surface area contributed by atoms with Gasteiger partial charge in [-0.3, -0.25) is 19.1 Å². The largest absolute Gasteiger partial charge is 0.480 e. The maximum Gasteiger partial charge on any atom is 0.328 e. The number of carbonyl (C=O) groups is 2. The van der Waals surface area contributed by atoms with Gasteiger partial charge in [-0.1, -0.05) is 0 Å². The van der Waals surface area contributed by atoms with Gasteiger partial charge in [0.2, 0.25) is 5.91 Å². The Morgan fingerprint density at radius 3 is 2.65 bits per heavy atom. The molecule has 0 aliphatic carbocycles. The fraction of sp³-hybridized carbons (Fsp3) is 0.333. The molecule has 0 aliphatic rings. The number of hydrogen-bond donors (Lipinski definition) is 3. The van der Waals surface area contributed by atoms with Crippen molar-refractivity contribution in [1.82, 2.24) is 14.9 Å². The van der Waals surface area contributed by atoms with E-state index in [0.29, 0.717) is 0 Å². The Hall–Kier alpha value is -2.38. The number of aromatic amines is 1. The van der Waals surface area contributed by atoms with E-state index in [2.05, 4.69) is 5.32 Å². The quantitative estimate of drug-likeness (QED) is 0.570. The lowest BCUT2D eigenvalue weighted by atomic mass is 10.3. The Bertz CT molecular complexity index is 544. The average molecular weight is 241 g/mol. The molecular formula is C9H11N3O5. The molecule has 0 saturated heterocycles. The van der Waals surface area contributed by atoms with Gasteiger partial charge in [-0.25, -0.2) is 9.59 Å². The lowest BCUT2D eigenvalue weighted by Crippen LogP contribution is -2.45. The maximum absolute atomic E-state index is 11.3. The maximum atomic E-state index is 11.3. The van der Waals surface area contributed by atoms with Crippen LogP contribution in [0.5, 0.6) is 0 Å². The summed E-state index contributed by atoms with van der Waals surface area (Å²) in [5.74, 6) is -1.78. The van der Waals surface area contributed by atoms with Gasteiger partial charge in [-0.15, -0.1) is 0 Å². The zero-order valence-electron chi connectivity index (χ0n) is 8.97. The zero-order chi connectivity index (χ0) is 13.0. The van der Waals surface area contributed by atoms with E-state index in [4.69, 9.17) is 5.11 Å². The van der Waals surface area contributed by atoms with Crippen molar-refractivity contribution >= 4 is 11.9 Å². The molecule has 92 valence electrons. The highest BCUT2D eigenvalue weighted by Gasteiger charge is 2.19. The van der Waals surface area contributed by atoms with Crippen LogP contribution in [0.15, 0.2) is 21.9 Å². The second kappa shape index (κ2) is 5.10. The SMILES string of the molecule is CC(=O)NC(Cn1ccc(=O)[nH]c1=O)C(=O)O. The lowest BCUT2D eigenvalue weighted by Gasteiger charge is -2.14. The number of amides is 1. The molecule has 0 spiro atoms. The van der Waals surface area contributed by atoms with E-state index in [1.54, 1.807) is 0 Å². The van der Waals surface area contributed by atoms with Gasteiger partial charge in [0.15, 0.2) is 0 Å². The summed E-state index contributed by atoms with van der Waals surface area (Å²) in [6.45, 7) is 0.913. The summed E-state index contributed by atoms with van der Waals surface area (Å²) in [5.41, 5.74) is -1.30. The fourth-order valence-electron chi connectivity index (χ4n) is 1.22. The topological polar surface area (TPSA) is 121 Å². The van der Waals surface area contributed by atoms with Crippen LogP contribution in [0.3, 0.4) is 0 Å². The highest BCUT2D eigenvalue weighted by molar-refractivity contribution is 5.81. The Morgan fingerprint density at radius 1 is 1.53 bits per heavy atom. The predicted octanol–water partition coefficient (Wildman–Crippen LogP) is -1.87. The second-order valence-electron chi connectivity index (χ2n) is 3.35. The van der Waals surface area contributed by atoms with Crippen molar-refractivity contribution in [2.24, 2.45) is 0 Å². The van der Waals surface area contributed by atoms with Crippen LogP contribution in [0.25, 0.3) is 0 Å². The molecule has 17 heavy (non-hydrogen) atoms. The third kappa shape index (κ3) is 3.59. The normalized spacial score (nSPS) is 11.8. The van der Waals surface area contributed by atoms with Crippen LogP contribution in [0.4, 0.5) is 0 Å². The summed E-state index contributed by atoms with van der Waals surface area (Å²) in [5, 5.41) is 11.0. The molecule has 8 nitrogen and oxygen atoms in total. The molecule has 0 aliphatic heterocycles. The number of carbonyl (C=O) groups excluding carboxylic acids is 1. The summed E-state index contributed by atoms with van der Waals surface area (Å²) in [4.78, 5) is 45.6. The monoisotopic (exact) mass is 241 g/mol. The zero-order valence-corrected chi connectivity index (χ0v) is 8.97. The highest BCUT2D eigenvalue weighted by atomic mass is 16.4. The molecule has 0 bridgehead atoms. The number of H-pyrrole nitrogens is 1. The number of nitrogens with zero attached hydrogens (tertiary/aromatic N) is 1. The standard InChI is InChI=1S/C9H11N3O5/c1-5(13)10-6(8(15)16)4-12-3-2-7(14)11-9(12)17/h2-3,6H,4H2,1H3,(H,10,13)(H,15,16)(H,11,14,17).